The van der Waals surface area contributed by atoms with Gasteiger partial charge in [0.15, 0.2) is 0 Å². The van der Waals surface area contributed by atoms with Gasteiger partial charge < -0.3 is 19.7 Å². The Morgan fingerprint density at radius 1 is 1.05 bits per heavy atom. The van der Waals surface area contributed by atoms with Crippen LogP contribution in [0.5, 0.6) is 11.5 Å². The summed E-state index contributed by atoms with van der Waals surface area (Å²) in [5, 5.41) is 3.47. The highest BCUT2D eigenvalue weighted by molar-refractivity contribution is 5.44. The molecule has 0 aliphatic heterocycles. The quantitative estimate of drug-likeness (QED) is 0.668. The molecule has 4 heteroatoms. The van der Waals surface area contributed by atoms with Gasteiger partial charge in [-0.15, -0.1) is 0 Å². The maximum atomic E-state index is 5.39. The standard InChI is InChI=1S/C16H28N2O2/c1-5-18(6-2)12-8-11-17-13-14-15(19-3)9-7-10-16(14)20-4/h7,9-10,17H,5-6,8,11-13H2,1-4H3. The lowest BCUT2D eigenvalue weighted by Gasteiger charge is -2.18. The molecule has 0 aliphatic rings. The van der Waals surface area contributed by atoms with Gasteiger partial charge in [-0.25, -0.2) is 0 Å². The van der Waals surface area contributed by atoms with Crippen LogP contribution in [0.2, 0.25) is 0 Å². The first-order valence-electron chi connectivity index (χ1n) is 7.39. The van der Waals surface area contributed by atoms with Crippen LogP contribution in [0.25, 0.3) is 0 Å². The lowest BCUT2D eigenvalue weighted by atomic mass is 10.1. The summed E-state index contributed by atoms with van der Waals surface area (Å²) in [6.07, 6.45) is 1.15. The van der Waals surface area contributed by atoms with Gasteiger partial charge in [-0.2, -0.15) is 0 Å². The van der Waals surface area contributed by atoms with Crippen LogP contribution >= 0.6 is 0 Å². The highest BCUT2D eigenvalue weighted by Crippen LogP contribution is 2.27. The van der Waals surface area contributed by atoms with E-state index in [2.05, 4.69) is 24.1 Å². The molecule has 1 N–H and O–H groups in total. The molecule has 0 saturated heterocycles. The molecule has 0 aliphatic carbocycles. The lowest BCUT2D eigenvalue weighted by Crippen LogP contribution is -2.27. The van der Waals surface area contributed by atoms with E-state index in [1.54, 1.807) is 14.2 Å². The summed E-state index contributed by atoms with van der Waals surface area (Å²) >= 11 is 0. The Kier molecular flexibility index (Phi) is 8.07. The van der Waals surface area contributed by atoms with Crippen LogP contribution in [0, 0.1) is 0 Å². The van der Waals surface area contributed by atoms with E-state index in [-0.39, 0.29) is 0 Å². The van der Waals surface area contributed by atoms with Gasteiger partial charge in [0.05, 0.1) is 14.2 Å². The van der Waals surface area contributed by atoms with Crippen LogP contribution in [0.1, 0.15) is 25.8 Å². The molecule has 1 aromatic rings. The van der Waals surface area contributed by atoms with Gasteiger partial charge in [-0.1, -0.05) is 19.9 Å². The first kappa shape index (κ1) is 16.8. The van der Waals surface area contributed by atoms with Gasteiger partial charge in [-0.05, 0) is 44.7 Å². The first-order chi connectivity index (χ1) is 9.76. The summed E-state index contributed by atoms with van der Waals surface area (Å²) in [6.45, 7) is 9.56. The molecule has 0 radical (unpaired) electrons. The number of nitrogens with zero attached hydrogens (tertiary/aromatic N) is 1. The summed E-state index contributed by atoms with van der Waals surface area (Å²) in [5.74, 6) is 1.75. The smallest absolute Gasteiger partial charge is 0.127 e. The summed E-state index contributed by atoms with van der Waals surface area (Å²) in [6, 6.07) is 5.88. The number of hydrogen-bond donors (Lipinski definition) is 1. The molecule has 1 rings (SSSR count). The summed E-state index contributed by atoms with van der Waals surface area (Å²) in [7, 11) is 3.39. The van der Waals surface area contributed by atoms with Crippen LogP contribution in [-0.4, -0.2) is 45.3 Å². The molecule has 0 bridgehead atoms. The van der Waals surface area contributed by atoms with Crippen molar-refractivity contribution in [1.82, 2.24) is 10.2 Å². The molecule has 0 saturated carbocycles. The van der Waals surface area contributed by atoms with E-state index in [9.17, 15) is 0 Å². The Bertz CT molecular complexity index is 356. The van der Waals surface area contributed by atoms with Gasteiger partial charge in [-0.3, -0.25) is 0 Å². The Hall–Kier alpha value is -1.26. The molecule has 4 nitrogen and oxygen atoms in total. The Balaban J connectivity index is 2.42. The van der Waals surface area contributed by atoms with Gasteiger partial charge in [0.25, 0.3) is 0 Å². The third-order valence-corrected chi connectivity index (χ3v) is 3.55. The monoisotopic (exact) mass is 280 g/mol. The minimum atomic E-state index is 0.769. The molecular formula is C16H28N2O2. The van der Waals surface area contributed by atoms with E-state index in [4.69, 9.17) is 9.47 Å². The minimum absolute atomic E-state index is 0.769. The second-order valence-corrected chi connectivity index (χ2v) is 4.70. The van der Waals surface area contributed by atoms with Crippen molar-refractivity contribution in [3.63, 3.8) is 0 Å². The first-order valence-corrected chi connectivity index (χ1v) is 7.39. The zero-order chi connectivity index (χ0) is 14.8. The van der Waals surface area contributed by atoms with Gasteiger partial charge in [0.1, 0.15) is 11.5 Å². The number of hydrogen-bond acceptors (Lipinski definition) is 4. The van der Waals surface area contributed by atoms with E-state index < -0.39 is 0 Å². The molecule has 0 fully saturated rings. The number of nitrogens with one attached hydrogen (secondary N) is 1. The molecule has 114 valence electrons. The number of rotatable bonds is 10. The highest BCUT2D eigenvalue weighted by Gasteiger charge is 2.08. The van der Waals surface area contributed by atoms with Crippen LogP contribution in [0.4, 0.5) is 0 Å². The average molecular weight is 280 g/mol. The maximum absolute atomic E-state index is 5.39. The van der Waals surface area contributed by atoms with Crippen molar-refractivity contribution in [2.45, 2.75) is 26.8 Å². The summed E-state index contributed by atoms with van der Waals surface area (Å²) < 4.78 is 10.8. The van der Waals surface area contributed by atoms with E-state index in [1.165, 1.54) is 0 Å². The molecule has 0 heterocycles. The topological polar surface area (TPSA) is 33.7 Å². The van der Waals surface area contributed by atoms with Gasteiger partial charge in [0.2, 0.25) is 0 Å². The van der Waals surface area contributed by atoms with E-state index in [0.29, 0.717) is 0 Å². The zero-order valence-electron chi connectivity index (χ0n) is 13.2. The molecule has 0 aromatic heterocycles. The molecule has 0 atom stereocenters. The molecule has 0 spiro atoms. The summed E-state index contributed by atoms with van der Waals surface area (Å²) in [5.41, 5.74) is 1.08. The zero-order valence-corrected chi connectivity index (χ0v) is 13.2. The van der Waals surface area contributed by atoms with Crippen molar-refractivity contribution < 1.29 is 9.47 Å². The average Bonchev–Trinajstić information content (AvgIpc) is 2.50. The summed E-state index contributed by atoms with van der Waals surface area (Å²) in [4.78, 5) is 2.44. The fourth-order valence-electron chi connectivity index (χ4n) is 2.28. The predicted octanol–water partition coefficient (Wildman–Crippen LogP) is 2.53. The third kappa shape index (κ3) is 5.02. The number of benzene rings is 1. The van der Waals surface area contributed by atoms with E-state index in [1.807, 2.05) is 18.2 Å². The van der Waals surface area contributed by atoms with E-state index in [0.717, 1.165) is 56.2 Å². The van der Waals surface area contributed by atoms with Crippen LogP contribution < -0.4 is 14.8 Å². The molecular weight excluding hydrogens is 252 g/mol. The van der Waals surface area contributed by atoms with E-state index >= 15 is 0 Å². The SMILES string of the molecule is CCN(CC)CCCNCc1c(OC)cccc1OC. The lowest BCUT2D eigenvalue weighted by molar-refractivity contribution is 0.297. The van der Waals surface area contributed by atoms with Crippen molar-refractivity contribution in [1.29, 1.82) is 0 Å². The maximum Gasteiger partial charge on any atom is 0.127 e. The predicted molar refractivity (Wildman–Crippen MR) is 83.7 cm³/mol. The van der Waals surface area contributed by atoms with Crippen molar-refractivity contribution in [3.05, 3.63) is 23.8 Å². The normalized spacial score (nSPS) is 10.8. The fraction of sp³-hybridized carbons (Fsp3) is 0.625. The molecule has 20 heavy (non-hydrogen) atoms. The van der Waals surface area contributed by atoms with Crippen molar-refractivity contribution in [2.24, 2.45) is 0 Å². The van der Waals surface area contributed by atoms with Gasteiger partial charge >= 0.3 is 0 Å². The number of ether oxygens (including phenoxy) is 2. The Morgan fingerprint density at radius 3 is 2.15 bits per heavy atom. The van der Waals surface area contributed by atoms with Crippen molar-refractivity contribution in [2.75, 3.05) is 40.4 Å². The number of methoxy groups -OCH3 is 2. The largest absolute Gasteiger partial charge is 0.496 e. The van der Waals surface area contributed by atoms with Crippen molar-refractivity contribution in [3.8, 4) is 11.5 Å². The van der Waals surface area contributed by atoms with Crippen LogP contribution in [-0.2, 0) is 6.54 Å². The second kappa shape index (κ2) is 9.61. The molecule has 0 unspecified atom stereocenters. The second-order valence-electron chi connectivity index (χ2n) is 4.70. The van der Waals surface area contributed by atoms with Gasteiger partial charge in [0, 0.05) is 12.1 Å². The molecule has 0 amide bonds. The minimum Gasteiger partial charge on any atom is -0.496 e. The molecule has 1 aromatic carbocycles. The van der Waals surface area contributed by atoms with Crippen molar-refractivity contribution >= 4 is 0 Å². The Labute approximate surface area is 123 Å². The van der Waals surface area contributed by atoms with Crippen LogP contribution in [0.3, 0.4) is 0 Å². The Morgan fingerprint density at radius 2 is 1.65 bits per heavy atom. The highest BCUT2D eigenvalue weighted by atomic mass is 16.5. The fourth-order valence-corrected chi connectivity index (χ4v) is 2.28. The van der Waals surface area contributed by atoms with Crippen LogP contribution in [0.15, 0.2) is 18.2 Å². The third-order valence-electron chi connectivity index (χ3n) is 3.55.